The molecule has 7 heteroatoms. The number of allylic oxidation sites excluding steroid dienone is 2. The number of nitrogens with one attached hydrogen (secondary N) is 5. The summed E-state index contributed by atoms with van der Waals surface area (Å²) in [6, 6.07) is 21.7. The molecule has 0 amide bonds. The zero-order valence-electron chi connectivity index (χ0n) is 27.3. The van der Waals surface area contributed by atoms with Crippen LogP contribution in [0.3, 0.4) is 0 Å². The zero-order chi connectivity index (χ0) is 31.7. The Bertz CT molecular complexity index is 1830. The molecule has 5 heterocycles. The van der Waals surface area contributed by atoms with E-state index in [9.17, 15) is 0 Å². The zero-order valence-corrected chi connectivity index (χ0v) is 28.1. The monoisotopic (exact) mass is 604 g/mol. The van der Waals surface area contributed by atoms with E-state index in [1.54, 1.807) is 0 Å². The fourth-order valence-corrected chi connectivity index (χ4v) is 6.52. The Hall–Kier alpha value is -4.10. The largest absolute Gasteiger partial charge is 0.361 e. The first-order valence-electron chi connectivity index (χ1n) is 15.4. The van der Waals surface area contributed by atoms with Gasteiger partial charge in [0.15, 0.2) is 5.11 Å². The number of hydrogen-bond acceptors (Lipinski definition) is 2. The van der Waals surface area contributed by atoms with Gasteiger partial charge in [-0.05, 0) is 141 Å². The highest BCUT2D eigenvalue weighted by Gasteiger charge is 2.35. The summed E-state index contributed by atoms with van der Waals surface area (Å²) in [6.45, 7) is 19.8. The topological polar surface area (TPSA) is 83.8 Å². The van der Waals surface area contributed by atoms with Gasteiger partial charge in [0.2, 0.25) is 0 Å². The molecule has 2 aliphatic heterocycles. The summed E-state index contributed by atoms with van der Waals surface area (Å²) in [6.07, 6.45) is 4.31. The number of benzene rings is 1. The molecule has 0 spiro atoms. The lowest BCUT2D eigenvalue weighted by molar-refractivity contribution is 0.515. The molecule has 0 unspecified atom stereocenters. The number of anilines is 1. The first-order chi connectivity index (χ1) is 20.6. The van der Waals surface area contributed by atoms with Crippen molar-refractivity contribution in [1.82, 2.24) is 20.3 Å². The van der Waals surface area contributed by atoms with Crippen molar-refractivity contribution in [3.63, 3.8) is 0 Å². The summed E-state index contributed by atoms with van der Waals surface area (Å²) < 4.78 is 0. The molecule has 0 atom stereocenters. The van der Waals surface area contributed by atoms with Crippen molar-refractivity contribution in [3.8, 4) is 0 Å². The lowest BCUT2D eigenvalue weighted by Crippen LogP contribution is -2.42. The second-order valence-electron chi connectivity index (χ2n) is 14.7. The Kier molecular flexibility index (Phi) is 6.96. The number of nitrogens with zero attached hydrogens (tertiary/aromatic N) is 1. The van der Waals surface area contributed by atoms with Gasteiger partial charge in [-0.15, -0.1) is 0 Å². The lowest BCUT2D eigenvalue weighted by atomic mass is 9.84. The summed E-state index contributed by atoms with van der Waals surface area (Å²) in [7, 11) is 0. The highest BCUT2D eigenvalue weighted by molar-refractivity contribution is 7.80. The molecule has 6 nitrogen and oxygen atoms in total. The highest BCUT2D eigenvalue weighted by Crippen LogP contribution is 2.40. The smallest absolute Gasteiger partial charge is 0.171 e. The maximum Gasteiger partial charge on any atom is 0.171 e. The molecule has 0 fully saturated rings. The van der Waals surface area contributed by atoms with E-state index in [-0.39, 0.29) is 21.8 Å². The van der Waals surface area contributed by atoms with E-state index >= 15 is 0 Å². The predicted molar refractivity (Wildman–Crippen MR) is 188 cm³/mol. The van der Waals surface area contributed by atoms with E-state index in [1.807, 2.05) is 0 Å². The number of aromatic nitrogens is 3. The molecule has 228 valence electrons. The van der Waals surface area contributed by atoms with E-state index in [2.05, 4.69) is 161 Å². The van der Waals surface area contributed by atoms with Gasteiger partial charge >= 0.3 is 0 Å². The molecule has 0 saturated heterocycles. The van der Waals surface area contributed by atoms with Gasteiger partial charge in [-0.25, -0.2) is 0 Å². The number of aliphatic imine (C=N–C) groups is 1. The van der Waals surface area contributed by atoms with Crippen LogP contribution in [0.25, 0.3) is 5.57 Å². The van der Waals surface area contributed by atoms with Gasteiger partial charge in [-0.1, -0.05) is 12.1 Å². The van der Waals surface area contributed by atoms with Crippen LogP contribution in [0.1, 0.15) is 102 Å². The summed E-state index contributed by atoms with van der Waals surface area (Å²) in [4.78, 5) is 16.6. The molecule has 44 heavy (non-hydrogen) atoms. The Morgan fingerprint density at radius 3 is 1.70 bits per heavy atom. The molecular formula is C37H44N6S. The molecule has 4 aromatic rings. The van der Waals surface area contributed by atoms with E-state index in [0.29, 0.717) is 5.11 Å². The Morgan fingerprint density at radius 2 is 1.16 bits per heavy atom. The fraction of sp³-hybridized carbons (Fsp3) is 0.351. The van der Waals surface area contributed by atoms with Gasteiger partial charge in [-0.2, -0.15) is 0 Å². The van der Waals surface area contributed by atoms with Crippen molar-refractivity contribution in [2.24, 2.45) is 4.99 Å². The first-order valence-corrected chi connectivity index (χ1v) is 15.8. The Labute approximate surface area is 266 Å². The molecular weight excluding hydrogens is 561 g/mol. The summed E-state index contributed by atoms with van der Waals surface area (Å²) >= 11 is 5.54. The van der Waals surface area contributed by atoms with Crippen molar-refractivity contribution >= 4 is 34.3 Å². The van der Waals surface area contributed by atoms with Crippen LogP contribution in [-0.4, -0.2) is 31.3 Å². The minimum absolute atomic E-state index is 0.114. The molecule has 0 aliphatic carbocycles. The Balaban J connectivity index is 1.49. The number of aromatic amines is 3. The third-order valence-electron chi connectivity index (χ3n) is 9.15. The Morgan fingerprint density at radius 1 is 0.659 bits per heavy atom. The van der Waals surface area contributed by atoms with Crippen LogP contribution in [0.15, 0.2) is 83.5 Å². The lowest BCUT2D eigenvalue weighted by Gasteiger charge is -2.27. The average Bonchev–Trinajstić information content (AvgIpc) is 3.75. The number of H-pyrrole nitrogens is 3. The van der Waals surface area contributed by atoms with Crippen LogP contribution in [0.4, 0.5) is 5.69 Å². The number of thiocarbonyl (C=S) groups is 1. The van der Waals surface area contributed by atoms with E-state index in [4.69, 9.17) is 17.2 Å². The van der Waals surface area contributed by atoms with Gasteiger partial charge in [0, 0.05) is 67.2 Å². The second kappa shape index (κ2) is 10.2. The maximum absolute atomic E-state index is 5.54. The predicted octanol–water partition coefficient (Wildman–Crippen LogP) is 8.47. The van der Waals surface area contributed by atoms with Gasteiger partial charge in [0.1, 0.15) is 0 Å². The maximum atomic E-state index is 5.54. The third-order valence-corrected chi connectivity index (χ3v) is 9.35. The average molecular weight is 605 g/mol. The van der Waals surface area contributed by atoms with Crippen molar-refractivity contribution in [2.75, 3.05) is 5.32 Å². The molecule has 0 radical (unpaired) electrons. The summed E-state index contributed by atoms with van der Waals surface area (Å²) in [5.74, 6) is 0. The second-order valence-corrected chi connectivity index (χ2v) is 15.1. The van der Waals surface area contributed by atoms with Gasteiger partial charge in [0.05, 0.1) is 11.4 Å². The van der Waals surface area contributed by atoms with Crippen LogP contribution >= 0.6 is 12.2 Å². The number of hydrogen-bond donors (Lipinski definition) is 5. The third kappa shape index (κ3) is 5.28. The molecule has 0 saturated carbocycles. The normalized spacial score (nSPS) is 19.9. The SMILES string of the molecule is CC(C)(C)NC(=S)Nc1ccc(/C2=C3\C=CC(=N3)C(C)(C)c3ccc([nH]3)C(C)(C)c3ccc([nH]3)C(C)(C)c3ccc2[nH]3)cc1. The van der Waals surface area contributed by atoms with Crippen LogP contribution < -0.4 is 10.6 Å². The molecule has 8 bridgehead atoms. The molecule has 5 N–H and O–H groups in total. The van der Waals surface area contributed by atoms with Crippen molar-refractivity contribution in [3.05, 3.63) is 118 Å². The van der Waals surface area contributed by atoms with Crippen molar-refractivity contribution < 1.29 is 0 Å². The highest BCUT2D eigenvalue weighted by atomic mass is 32.1. The minimum Gasteiger partial charge on any atom is -0.361 e. The quantitative estimate of drug-likeness (QED) is 0.149. The van der Waals surface area contributed by atoms with Crippen LogP contribution in [-0.2, 0) is 16.2 Å². The number of rotatable bonds is 2. The number of fused-ring (bicyclic) bond motifs is 7. The fourth-order valence-electron chi connectivity index (χ4n) is 6.10. The van der Waals surface area contributed by atoms with E-state index in [1.165, 1.54) is 17.1 Å². The minimum atomic E-state index is -0.317. The van der Waals surface area contributed by atoms with E-state index < -0.39 is 0 Å². The van der Waals surface area contributed by atoms with Gasteiger partial charge < -0.3 is 25.6 Å². The molecule has 2 aliphatic rings. The van der Waals surface area contributed by atoms with Crippen molar-refractivity contribution in [1.29, 1.82) is 0 Å². The summed E-state index contributed by atoms with van der Waals surface area (Å²) in [5, 5.41) is 7.24. The van der Waals surface area contributed by atoms with E-state index in [0.717, 1.165) is 45.3 Å². The summed E-state index contributed by atoms with van der Waals surface area (Å²) in [5.41, 5.74) is 10.9. The molecule has 6 rings (SSSR count). The first kappa shape index (κ1) is 29.9. The van der Waals surface area contributed by atoms with Crippen LogP contribution in [0.5, 0.6) is 0 Å². The standard InChI is InChI=1S/C37H44N6S/c1-34(2,3)43-33(44)38-23-12-10-22(11-13-23)32-24-14-16-26(39-24)35(4,5)28-18-20-30(41-28)37(8,9)31-21-19-29(42-31)36(6,7)27-17-15-25(32)40-27/h10-21,39,41-42H,1-9H3,(H2,38,43,44)/b32-25-. The van der Waals surface area contributed by atoms with Gasteiger partial charge in [-0.3, -0.25) is 4.99 Å². The van der Waals surface area contributed by atoms with Crippen LogP contribution in [0, 0.1) is 0 Å². The van der Waals surface area contributed by atoms with Gasteiger partial charge in [0.25, 0.3) is 0 Å². The molecule has 3 aromatic heterocycles. The molecule has 1 aromatic carbocycles. The van der Waals surface area contributed by atoms with Crippen molar-refractivity contribution in [2.45, 2.75) is 84.1 Å². The van der Waals surface area contributed by atoms with Crippen LogP contribution in [0.2, 0.25) is 0 Å².